The van der Waals surface area contributed by atoms with Gasteiger partial charge in [-0.3, -0.25) is 0 Å². The molecular weight excluding hydrogens is 1980 g/mol. The number of benzene rings is 20. The van der Waals surface area contributed by atoms with E-state index in [0.717, 1.165) is 50.0 Å². The van der Waals surface area contributed by atoms with Gasteiger partial charge in [0.05, 0.1) is 117 Å². The first-order valence-electron chi connectivity index (χ1n) is 45.1. The first-order chi connectivity index (χ1) is 66.5. The predicted octanol–water partition coefficient (Wildman–Crippen LogP) is 36.1. The van der Waals surface area contributed by atoms with Crippen LogP contribution in [0, 0.1) is 6.57 Å². The van der Waals surface area contributed by atoms with Crippen LogP contribution in [-0.4, -0.2) is 35.9 Å². The zero-order valence-corrected chi connectivity index (χ0v) is 79.4. The molecule has 0 bridgehead atoms. The van der Waals surface area contributed by atoms with E-state index in [4.69, 9.17) is 6.57 Å². The molecule has 0 spiro atoms. The van der Waals surface area contributed by atoms with Gasteiger partial charge in [0.2, 0.25) is 0 Å². The van der Waals surface area contributed by atoms with Crippen molar-refractivity contribution in [2.45, 2.75) is 0 Å². The fourth-order valence-electron chi connectivity index (χ4n) is 23.3. The lowest BCUT2D eigenvalue weighted by atomic mass is 10.1. The lowest BCUT2D eigenvalue weighted by molar-refractivity contribution is 1.18. The fourth-order valence-corrected chi connectivity index (χ4v) is 25.3. The van der Waals surface area contributed by atoms with Crippen LogP contribution in [0.15, 0.2) is 423 Å². The van der Waals surface area contributed by atoms with Crippen molar-refractivity contribution >= 4 is 325 Å². The lowest BCUT2D eigenvalue weighted by Gasteiger charge is -2.10. The zero-order valence-electron chi connectivity index (χ0n) is 71.5. The van der Waals surface area contributed by atoms with Gasteiger partial charge in [0.15, 0.2) is 5.69 Å². The van der Waals surface area contributed by atoms with Gasteiger partial charge in [-0.2, -0.15) is 0 Å². The Kier molecular flexibility index (Phi) is 16.7. The van der Waals surface area contributed by atoms with Crippen LogP contribution < -0.4 is 0 Å². The Labute approximate surface area is 810 Å². The molecule has 9 nitrogen and oxygen atoms in total. The van der Waals surface area contributed by atoms with Crippen LogP contribution in [-0.2, 0) is 0 Å². The molecule has 0 amide bonds. The van der Waals surface area contributed by atoms with Gasteiger partial charge in [0, 0.05) is 169 Å². The van der Waals surface area contributed by atoms with E-state index in [0.29, 0.717) is 5.69 Å². The summed E-state index contributed by atoms with van der Waals surface area (Å²) in [5.41, 5.74) is 29.8. The van der Waals surface area contributed by atoms with Crippen LogP contribution >= 0.6 is 79.6 Å². The third-order valence-electron chi connectivity index (χ3n) is 28.6. The molecule has 0 N–H and O–H groups in total. The van der Waals surface area contributed by atoms with Gasteiger partial charge in [-0.1, -0.05) is 268 Å². The van der Waals surface area contributed by atoms with Gasteiger partial charge >= 0.3 is 0 Å². The number of hydrogen-bond acceptors (Lipinski definition) is 0. The van der Waals surface area contributed by atoms with Crippen molar-refractivity contribution < 1.29 is 0 Å². The second-order valence-corrected chi connectivity index (χ2v) is 40.1. The Bertz CT molecular complexity index is 10400. The Morgan fingerprint density at radius 2 is 0.326 bits per heavy atom. The second-order valence-electron chi connectivity index (χ2n) is 35.5. The van der Waals surface area contributed by atoms with Crippen LogP contribution in [0.25, 0.3) is 267 Å². The zero-order chi connectivity index (χ0) is 89.2. The second kappa shape index (κ2) is 29.1. The van der Waals surface area contributed by atoms with E-state index in [1.54, 1.807) is 0 Å². The topological polar surface area (TPSA) is 41.7 Å². The first kappa shape index (κ1) is 77.3. The van der Waals surface area contributed by atoms with Crippen molar-refractivity contribution in [2.75, 3.05) is 0 Å². The smallest absolute Gasteiger partial charge is 0.188 e. The Hall–Kier alpha value is -15.3. The van der Waals surface area contributed by atoms with Crippen LogP contribution in [0.4, 0.5) is 5.69 Å². The third kappa shape index (κ3) is 11.0. The molecule has 14 heteroatoms. The summed E-state index contributed by atoms with van der Waals surface area (Å²) in [4.78, 5) is 3.80. The highest BCUT2D eigenvalue weighted by Gasteiger charge is 2.28. The fraction of sp³-hybridized carbons (Fsp3) is 0. The summed E-state index contributed by atoms with van der Waals surface area (Å²) < 4.78 is 24.8. The van der Waals surface area contributed by atoms with Crippen molar-refractivity contribution in [1.29, 1.82) is 0 Å². The number of halogens is 5. The molecule has 0 radical (unpaired) electrons. The van der Waals surface area contributed by atoms with E-state index in [9.17, 15) is 0 Å². The number of para-hydroxylation sites is 10. The van der Waals surface area contributed by atoms with Crippen molar-refractivity contribution in [2.24, 2.45) is 0 Å². The van der Waals surface area contributed by atoms with Crippen molar-refractivity contribution in [3.63, 3.8) is 0 Å². The maximum Gasteiger partial charge on any atom is 0.188 e. The highest BCUT2D eigenvalue weighted by atomic mass is 79.9. The summed E-state index contributed by atoms with van der Waals surface area (Å²) in [5, 5.41) is 30.2. The molecule has 0 atom stereocenters. The summed E-state index contributed by atoms with van der Waals surface area (Å²) in [7, 11) is 0. The molecule has 0 saturated heterocycles. The van der Waals surface area contributed by atoms with Gasteiger partial charge in [-0.25, -0.2) is 4.85 Å². The minimum atomic E-state index is 0.655. The Balaban J connectivity index is 0.0000000932. The quantitative estimate of drug-likeness (QED) is 0.158. The van der Waals surface area contributed by atoms with Crippen LogP contribution in [0.5, 0.6) is 0 Å². The summed E-state index contributed by atoms with van der Waals surface area (Å²) in [6, 6.07) is 145. The molecule has 12 aromatic heterocycles. The number of nitrogens with zero attached hydrogens (tertiary/aromatic N) is 9. The Morgan fingerprint density at radius 3 is 0.593 bits per heavy atom. The summed E-state index contributed by atoms with van der Waals surface area (Å²) in [6.07, 6.45) is 0. The maximum absolute atomic E-state index is 7.76. The van der Waals surface area contributed by atoms with Crippen LogP contribution in [0.1, 0.15) is 0 Å². The molecule has 0 aliphatic heterocycles. The molecule has 32 aromatic rings. The lowest BCUT2D eigenvalue weighted by Crippen LogP contribution is -1.94. The van der Waals surface area contributed by atoms with Crippen molar-refractivity contribution in [1.82, 2.24) is 35.9 Å². The molecule has 0 aliphatic rings. The molecule has 12 heterocycles. The monoisotopic (exact) mass is 2040 g/mol. The minimum absolute atomic E-state index is 0.655. The summed E-state index contributed by atoms with van der Waals surface area (Å²) in [6.45, 7) is 7.76. The van der Waals surface area contributed by atoms with Gasteiger partial charge in [0.1, 0.15) is 0 Å². The van der Waals surface area contributed by atoms with Gasteiger partial charge in [-0.15, -0.1) is 0 Å². The van der Waals surface area contributed by atoms with E-state index in [2.05, 4.69) is 515 Å². The van der Waals surface area contributed by atoms with Crippen molar-refractivity contribution in [3.05, 3.63) is 434 Å². The number of aromatic nitrogens is 8. The average Bonchev–Trinajstić information content (AvgIpc) is 1.54. The third-order valence-corrected chi connectivity index (χ3v) is 31.0. The van der Waals surface area contributed by atoms with E-state index in [1.807, 2.05) is 6.07 Å². The van der Waals surface area contributed by atoms with E-state index in [-0.39, 0.29) is 0 Å². The van der Waals surface area contributed by atoms with E-state index in [1.165, 1.54) is 235 Å². The molecule has 135 heavy (non-hydrogen) atoms. The molecule has 32 rings (SSSR count). The first-order valence-corrected chi connectivity index (χ1v) is 49.0. The van der Waals surface area contributed by atoms with E-state index < -0.39 is 0 Å². The molecule has 0 fully saturated rings. The highest BCUT2D eigenvalue weighted by molar-refractivity contribution is 9.11. The molecule has 0 unspecified atom stereocenters. The average molecular weight is 2050 g/mol. The van der Waals surface area contributed by atoms with Crippen LogP contribution in [0.3, 0.4) is 0 Å². The molecule has 0 aliphatic carbocycles. The largest absolute Gasteiger partial charge is 0.309 e. The predicted molar refractivity (Wildman–Crippen MR) is 587 cm³/mol. The SMILES string of the molecule is Brc1cc2c3ccccc3n3c4ccccc4c(c1)c23.Brc1ccc2c(c1)c1cc(-n3c4ccccc4c4ccccc43)cc3c4cc(-n5c6ccccc6c6ccccc65)ccc4n2c13.Brc1ccc2c(c1)c1cc(Br)cc3c4cc(Br)ccc4n2c13.[C-]#[N+]c1ccc2c(c1)c1cc(-n3c4ccccc4c4ccccc43)cc3c4cc(-n5c6ccccc6c6ccccc65)ccc4n2c13. The van der Waals surface area contributed by atoms with Crippen molar-refractivity contribution in [3.8, 4) is 22.7 Å². The molecule has 20 aromatic carbocycles. The Morgan fingerprint density at radius 1 is 0.148 bits per heavy atom. The standard InChI is InChI=1S/C43H24N4.C42H24BrN3.C18H8Br3N.C18H10BrN/c1-44-26-18-20-41-33(22-26)35-24-28(46-39-16-8-4-12-31(39)32-13-5-9-17-40(32)46)25-36-34-23-27(19-21-42(34)47(41)43(35)36)45-37-14-6-2-10-29(37)30-11-3-7-15-38(30)45;43-25-17-19-40-32(21-25)34-23-27(45-38-15-7-3-11-30(38)31-12-4-8-16-39(31)45)24-35-33-22-26(18-20-41(33)46(40)42(34)35)44-36-13-5-1-9-28(36)29-10-2-6-14-37(29)44;19-9-1-3-16-12(5-9)14-7-11(21)8-15-13-6-10(20)2-4-17(13)22(16)18(14)15;19-11-9-14-12-5-1-3-7-16(12)20-17-8-4-2-6-13(17)15(10-11)18(14)20/h2-25H;1-24H;1-8H;1-10H. The summed E-state index contributed by atoms with van der Waals surface area (Å²) >= 11 is 18.3. The van der Waals surface area contributed by atoms with Gasteiger partial charge < -0.3 is 35.9 Å². The minimum Gasteiger partial charge on any atom is -0.309 e. The number of fused-ring (bicyclic) bond motifs is 36. The molecule has 630 valence electrons. The normalized spacial score (nSPS) is 12.3. The summed E-state index contributed by atoms with van der Waals surface area (Å²) in [5.74, 6) is 0. The number of rotatable bonds is 4. The van der Waals surface area contributed by atoms with Gasteiger partial charge in [-0.05, 0) is 218 Å². The highest BCUT2D eigenvalue weighted by Crippen LogP contribution is 2.50. The maximum atomic E-state index is 7.76. The molecule has 0 saturated carbocycles. The van der Waals surface area contributed by atoms with Gasteiger partial charge in [0.25, 0.3) is 0 Å². The molecular formula is C121H66Br5N9. The van der Waals surface area contributed by atoms with E-state index >= 15 is 0 Å². The van der Waals surface area contributed by atoms with Crippen LogP contribution in [0.2, 0.25) is 0 Å². The number of hydrogen-bond donors (Lipinski definition) is 0.